The lowest BCUT2D eigenvalue weighted by atomic mass is 9.84. The second-order valence-corrected chi connectivity index (χ2v) is 11.7. The number of aliphatic imine (C=N–C) groups is 1. The first-order valence-electron chi connectivity index (χ1n) is 12.4. The second-order valence-electron chi connectivity index (χ2n) is 9.80. The van der Waals surface area contributed by atoms with Gasteiger partial charge in [-0.1, -0.05) is 32.0 Å². The number of hydrogen-bond donors (Lipinski definition) is 0. The van der Waals surface area contributed by atoms with Crippen molar-refractivity contribution in [1.29, 1.82) is 0 Å². The molecule has 2 aromatic carbocycles. The van der Waals surface area contributed by atoms with Gasteiger partial charge in [-0.05, 0) is 35.9 Å². The van der Waals surface area contributed by atoms with Crippen LogP contribution in [0.15, 0.2) is 64.1 Å². The topological polar surface area (TPSA) is 74.7 Å². The van der Waals surface area contributed by atoms with Gasteiger partial charge >= 0.3 is 0 Å². The highest BCUT2D eigenvalue weighted by atomic mass is 32.2. The lowest BCUT2D eigenvalue weighted by molar-refractivity contribution is 0.0730. The van der Waals surface area contributed by atoms with Gasteiger partial charge in [-0.2, -0.15) is 4.31 Å². The largest absolute Gasteiger partial charge is 0.379 e. The molecule has 3 aliphatic rings. The maximum atomic E-state index is 13.3. The molecule has 0 spiro atoms. The number of allylic oxidation sites excluding steroid dienone is 2. The number of anilines is 2. The summed E-state index contributed by atoms with van der Waals surface area (Å²) in [5, 5.41) is 0. The summed E-state index contributed by atoms with van der Waals surface area (Å²) in [4.78, 5) is 9.47. The van der Waals surface area contributed by atoms with Crippen LogP contribution in [-0.2, 0) is 24.9 Å². The fraction of sp³-hybridized carbons (Fsp3) is 0.444. The van der Waals surface area contributed by atoms with E-state index in [0.717, 1.165) is 24.5 Å². The summed E-state index contributed by atoms with van der Waals surface area (Å²) in [5.74, 6) is 0. The van der Waals surface area contributed by atoms with Crippen molar-refractivity contribution in [2.24, 2.45) is 4.99 Å². The molecule has 8 nitrogen and oxygen atoms in total. The van der Waals surface area contributed by atoms with Crippen LogP contribution in [0, 0.1) is 0 Å². The summed E-state index contributed by atoms with van der Waals surface area (Å²) in [6, 6.07) is 13.7. The monoisotopic (exact) mass is 510 g/mol. The number of hydrogen-bond acceptors (Lipinski definition) is 7. The minimum atomic E-state index is -3.62. The maximum absolute atomic E-state index is 13.3. The quantitative estimate of drug-likeness (QED) is 0.573. The van der Waals surface area contributed by atoms with Gasteiger partial charge in [0.2, 0.25) is 10.0 Å². The Balaban J connectivity index is 1.50. The normalized spacial score (nSPS) is 21.9. The van der Waals surface area contributed by atoms with Crippen LogP contribution in [0.25, 0.3) is 0 Å². The Hall–Kier alpha value is -2.72. The molecule has 0 bridgehead atoms. The van der Waals surface area contributed by atoms with E-state index in [1.54, 1.807) is 18.3 Å². The number of para-hydroxylation sites is 1. The number of morpholine rings is 2. The minimum absolute atomic E-state index is 0.161. The van der Waals surface area contributed by atoms with Crippen molar-refractivity contribution in [2.45, 2.75) is 24.2 Å². The van der Waals surface area contributed by atoms with E-state index >= 15 is 0 Å². The van der Waals surface area contributed by atoms with Crippen LogP contribution in [0.5, 0.6) is 0 Å². The van der Waals surface area contributed by atoms with Gasteiger partial charge in [0, 0.05) is 56.2 Å². The third-order valence-electron chi connectivity index (χ3n) is 7.29. The molecule has 0 aromatic heterocycles. The predicted molar refractivity (Wildman–Crippen MR) is 143 cm³/mol. The van der Waals surface area contributed by atoms with Crippen LogP contribution in [0.3, 0.4) is 0 Å². The molecular formula is C27H34N4O4S. The Morgan fingerprint density at radius 1 is 0.917 bits per heavy atom. The van der Waals surface area contributed by atoms with Crippen molar-refractivity contribution in [1.82, 2.24) is 4.31 Å². The van der Waals surface area contributed by atoms with Crippen LogP contribution in [-0.4, -0.2) is 78.6 Å². The van der Waals surface area contributed by atoms with Gasteiger partial charge < -0.3 is 19.3 Å². The van der Waals surface area contributed by atoms with Gasteiger partial charge in [0.1, 0.15) is 0 Å². The van der Waals surface area contributed by atoms with Crippen molar-refractivity contribution < 1.29 is 17.9 Å². The Labute approximate surface area is 213 Å². The molecule has 3 aliphatic heterocycles. The van der Waals surface area contributed by atoms with E-state index in [1.165, 1.54) is 15.6 Å². The Bertz CT molecular complexity index is 1280. The molecule has 0 radical (unpaired) electrons. The molecule has 2 fully saturated rings. The van der Waals surface area contributed by atoms with Gasteiger partial charge in [0.15, 0.2) is 0 Å². The summed E-state index contributed by atoms with van der Waals surface area (Å²) in [6.45, 7) is 8.73. The highest BCUT2D eigenvalue weighted by Gasteiger charge is 2.37. The smallest absolute Gasteiger partial charge is 0.243 e. The summed E-state index contributed by atoms with van der Waals surface area (Å²) >= 11 is 0. The fourth-order valence-electron chi connectivity index (χ4n) is 5.26. The highest BCUT2D eigenvalue weighted by Crippen LogP contribution is 2.46. The molecule has 0 amide bonds. The van der Waals surface area contributed by atoms with Gasteiger partial charge in [0.25, 0.3) is 0 Å². The van der Waals surface area contributed by atoms with Crippen molar-refractivity contribution in [3.05, 3.63) is 59.8 Å². The summed E-state index contributed by atoms with van der Waals surface area (Å²) in [7, 11) is -1.55. The van der Waals surface area contributed by atoms with E-state index in [1.807, 2.05) is 12.1 Å². The Kier molecular flexibility index (Phi) is 6.91. The van der Waals surface area contributed by atoms with E-state index in [2.05, 4.69) is 55.0 Å². The molecule has 36 heavy (non-hydrogen) atoms. The number of nitrogens with zero attached hydrogens (tertiary/aromatic N) is 4. The van der Waals surface area contributed by atoms with E-state index in [0.29, 0.717) is 45.2 Å². The first kappa shape index (κ1) is 25.0. The van der Waals surface area contributed by atoms with Crippen LogP contribution < -0.4 is 9.80 Å². The highest BCUT2D eigenvalue weighted by molar-refractivity contribution is 7.89. The number of sulfonamides is 1. The lowest BCUT2D eigenvalue weighted by Gasteiger charge is -2.30. The first-order valence-corrected chi connectivity index (χ1v) is 13.9. The molecule has 3 heterocycles. The molecule has 0 aliphatic carbocycles. The van der Waals surface area contributed by atoms with E-state index in [4.69, 9.17) is 14.5 Å². The average Bonchev–Trinajstić information content (AvgIpc) is 3.10. The van der Waals surface area contributed by atoms with Gasteiger partial charge in [-0.25, -0.2) is 8.42 Å². The van der Waals surface area contributed by atoms with Crippen LogP contribution in [0.1, 0.15) is 19.4 Å². The van der Waals surface area contributed by atoms with Crippen molar-refractivity contribution >= 4 is 33.3 Å². The van der Waals surface area contributed by atoms with Crippen molar-refractivity contribution in [3.8, 4) is 0 Å². The number of fused-ring (bicyclic) bond motifs is 1. The summed E-state index contributed by atoms with van der Waals surface area (Å²) in [5.41, 5.74) is 4.99. The maximum Gasteiger partial charge on any atom is 0.243 e. The van der Waals surface area contributed by atoms with Crippen LogP contribution >= 0.6 is 0 Å². The van der Waals surface area contributed by atoms with Crippen LogP contribution in [0.4, 0.5) is 17.1 Å². The van der Waals surface area contributed by atoms with Gasteiger partial charge in [-0.3, -0.25) is 4.99 Å². The number of likely N-dealkylation sites (N-methyl/N-ethyl adjacent to an activating group) is 1. The Morgan fingerprint density at radius 3 is 2.28 bits per heavy atom. The standard InChI is InChI=1S/C27H34N4O4S/c1-27(2)22-6-4-5-7-24(22)29(3)26(27)10-11-28-23-20-21(36(32,33)31-14-18-35-19-15-31)8-9-25(23)30-12-16-34-17-13-30/h4-11,20H,12-19H2,1-3H3/b26-10+,28-11?. The molecule has 0 atom stereocenters. The molecule has 9 heteroatoms. The average molecular weight is 511 g/mol. The molecule has 5 rings (SSSR count). The molecule has 2 aromatic rings. The minimum Gasteiger partial charge on any atom is -0.379 e. The molecular weight excluding hydrogens is 476 g/mol. The third-order valence-corrected chi connectivity index (χ3v) is 9.19. The van der Waals surface area contributed by atoms with Crippen molar-refractivity contribution in [2.75, 3.05) is 69.5 Å². The zero-order valence-electron chi connectivity index (χ0n) is 21.2. The SMILES string of the molecule is CN1/C(=C/C=Nc2cc(S(=O)(=O)N3CCOCC3)ccc2N2CCOCC2)C(C)(C)c2ccccc21. The van der Waals surface area contributed by atoms with Crippen LogP contribution in [0.2, 0.25) is 0 Å². The lowest BCUT2D eigenvalue weighted by Crippen LogP contribution is -2.40. The Morgan fingerprint density at radius 2 is 1.58 bits per heavy atom. The molecule has 0 unspecified atom stereocenters. The zero-order chi connectivity index (χ0) is 25.3. The fourth-order valence-corrected chi connectivity index (χ4v) is 6.69. The number of rotatable bonds is 5. The third kappa shape index (κ3) is 4.56. The molecule has 2 saturated heterocycles. The molecule has 0 N–H and O–H groups in total. The van der Waals surface area contributed by atoms with E-state index < -0.39 is 10.0 Å². The van der Waals surface area contributed by atoms with Gasteiger partial charge in [0.05, 0.1) is 42.7 Å². The first-order chi connectivity index (χ1) is 17.3. The van der Waals surface area contributed by atoms with Gasteiger partial charge in [-0.15, -0.1) is 0 Å². The van der Waals surface area contributed by atoms with Crippen molar-refractivity contribution in [3.63, 3.8) is 0 Å². The second kappa shape index (κ2) is 9.97. The zero-order valence-corrected chi connectivity index (χ0v) is 22.0. The van der Waals surface area contributed by atoms with E-state index in [-0.39, 0.29) is 10.3 Å². The molecule has 0 saturated carbocycles. The number of benzene rings is 2. The summed E-state index contributed by atoms with van der Waals surface area (Å²) < 4.78 is 39.0. The number of ether oxygens (including phenoxy) is 2. The van der Waals surface area contributed by atoms with E-state index in [9.17, 15) is 8.42 Å². The molecule has 192 valence electrons. The summed E-state index contributed by atoms with van der Waals surface area (Å²) in [6.07, 6.45) is 3.83. The predicted octanol–water partition coefficient (Wildman–Crippen LogP) is 3.56.